The zero-order valence-electron chi connectivity index (χ0n) is 13.8. The van der Waals surface area contributed by atoms with Crippen LogP contribution in [0.3, 0.4) is 0 Å². The molecule has 0 unspecified atom stereocenters. The fourth-order valence-corrected chi connectivity index (χ4v) is 2.84. The second-order valence-corrected chi connectivity index (χ2v) is 7.65. The summed E-state index contributed by atoms with van der Waals surface area (Å²) >= 11 is 0. The molecule has 0 saturated heterocycles. The lowest BCUT2D eigenvalue weighted by atomic mass is 10.2. The average Bonchev–Trinajstić information content (AvgIpc) is 2.60. The van der Waals surface area contributed by atoms with Crippen LogP contribution in [0.25, 0.3) is 0 Å². The molecule has 1 atom stereocenters. The second kappa shape index (κ2) is 6.64. The predicted octanol–water partition coefficient (Wildman–Crippen LogP) is 1.86. The van der Waals surface area contributed by atoms with E-state index >= 15 is 0 Å². The van der Waals surface area contributed by atoms with Crippen molar-refractivity contribution in [2.24, 2.45) is 0 Å². The molecule has 7 nitrogen and oxygen atoms in total. The minimum atomic E-state index is -3.38. The number of nitrogens with zero attached hydrogens (tertiary/aromatic N) is 1. The summed E-state index contributed by atoms with van der Waals surface area (Å²) in [6.45, 7) is 0.103. The van der Waals surface area contributed by atoms with Gasteiger partial charge in [-0.1, -0.05) is 18.2 Å². The largest absolute Gasteiger partial charge is 0.485 e. The Kier molecular flexibility index (Phi) is 4.54. The molecule has 2 aromatic carbocycles. The molecule has 0 aliphatic carbocycles. The highest BCUT2D eigenvalue weighted by Gasteiger charge is 2.27. The molecule has 0 saturated carbocycles. The first kappa shape index (κ1) is 17.1. The molecule has 1 heterocycles. The summed E-state index contributed by atoms with van der Waals surface area (Å²) < 4.78 is 35.6. The standard InChI is InChI=1S/C17H18N2O5S/c1-19(25(2,21)22)13-7-5-6-12(10-13)18-17(20)16-11-23-14-8-3-4-9-15(14)24-16/h3-10,16H,11H2,1-2H3,(H,18,20)/t16-/m1/s1. The number of hydrogen-bond acceptors (Lipinski definition) is 5. The maximum absolute atomic E-state index is 12.4. The lowest BCUT2D eigenvalue weighted by molar-refractivity contribution is -0.125. The summed E-state index contributed by atoms with van der Waals surface area (Å²) in [6, 6.07) is 13.7. The van der Waals surface area contributed by atoms with Crippen molar-refractivity contribution in [2.45, 2.75) is 6.10 Å². The van der Waals surface area contributed by atoms with Gasteiger partial charge in [0.1, 0.15) is 6.61 Å². The van der Waals surface area contributed by atoms with Gasteiger partial charge in [-0.2, -0.15) is 0 Å². The van der Waals surface area contributed by atoms with Crippen molar-refractivity contribution in [1.82, 2.24) is 0 Å². The zero-order chi connectivity index (χ0) is 18.0. The average molecular weight is 362 g/mol. The number of sulfonamides is 1. The first-order valence-corrected chi connectivity index (χ1v) is 9.43. The molecule has 8 heteroatoms. The van der Waals surface area contributed by atoms with Crippen LogP contribution in [-0.2, 0) is 14.8 Å². The summed E-state index contributed by atoms with van der Waals surface area (Å²) in [5.41, 5.74) is 0.923. The van der Waals surface area contributed by atoms with Crippen molar-refractivity contribution in [3.63, 3.8) is 0 Å². The topological polar surface area (TPSA) is 84.9 Å². The van der Waals surface area contributed by atoms with Gasteiger partial charge in [0.05, 0.1) is 11.9 Å². The van der Waals surface area contributed by atoms with Gasteiger partial charge in [0, 0.05) is 12.7 Å². The highest BCUT2D eigenvalue weighted by Crippen LogP contribution is 2.31. The van der Waals surface area contributed by atoms with Crippen molar-refractivity contribution in [1.29, 1.82) is 0 Å². The summed E-state index contributed by atoms with van der Waals surface area (Å²) in [6.07, 6.45) is 0.328. The first-order valence-electron chi connectivity index (χ1n) is 7.58. The molecule has 132 valence electrons. The van der Waals surface area contributed by atoms with Crippen LogP contribution < -0.4 is 19.1 Å². The summed E-state index contributed by atoms with van der Waals surface area (Å²) in [4.78, 5) is 12.4. The fraction of sp³-hybridized carbons (Fsp3) is 0.235. The predicted molar refractivity (Wildman–Crippen MR) is 94.7 cm³/mol. The molecule has 0 aromatic heterocycles. The molecule has 0 bridgehead atoms. The van der Waals surface area contributed by atoms with Crippen LogP contribution in [0.5, 0.6) is 11.5 Å². The third-order valence-corrected chi connectivity index (χ3v) is 4.98. The molecule has 0 radical (unpaired) electrons. The lowest BCUT2D eigenvalue weighted by Gasteiger charge is -2.25. The zero-order valence-corrected chi connectivity index (χ0v) is 14.6. The highest BCUT2D eigenvalue weighted by molar-refractivity contribution is 7.92. The molecular formula is C17H18N2O5S. The Morgan fingerprint density at radius 3 is 2.60 bits per heavy atom. The number of amides is 1. The molecule has 25 heavy (non-hydrogen) atoms. The Labute approximate surface area is 146 Å². The van der Waals surface area contributed by atoms with Crippen LogP contribution in [-0.4, -0.2) is 40.3 Å². The number of nitrogens with one attached hydrogen (secondary N) is 1. The Hall–Kier alpha value is -2.74. The number of carbonyl (C=O) groups excluding carboxylic acids is 1. The number of ether oxygens (including phenoxy) is 2. The third-order valence-electron chi connectivity index (χ3n) is 3.78. The van der Waals surface area contributed by atoms with Crippen LogP contribution in [0.15, 0.2) is 48.5 Å². The van der Waals surface area contributed by atoms with Gasteiger partial charge in [0.15, 0.2) is 11.5 Å². The molecular weight excluding hydrogens is 344 g/mol. The molecule has 2 aromatic rings. The van der Waals surface area contributed by atoms with Crippen LogP contribution in [0.4, 0.5) is 11.4 Å². The number of anilines is 2. The van der Waals surface area contributed by atoms with Crippen molar-refractivity contribution >= 4 is 27.3 Å². The molecule has 1 amide bonds. The van der Waals surface area contributed by atoms with E-state index in [1.807, 2.05) is 6.07 Å². The Balaban J connectivity index is 1.72. The minimum absolute atomic E-state index is 0.103. The van der Waals surface area contributed by atoms with E-state index < -0.39 is 16.1 Å². The van der Waals surface area contributed by atoms with E-state index in [9.17, 15) is 13.2 Å². The van der Waals surface area contributed by atoms with Crippen molar-refractivity contribution in [2.75, 3.05) is 29.5 Å². The Morgan fingerprint density at radius 1 is 1.16 bits per heavy atom. The summed E-state index contributed by atoms with van der Waals surface area (Å²) in [5, 5.41) is 2.72. The van der Waals surface area contributed by atoms with E-state index in [1.54, 1.807) is 42.5 Å². The second-order valence-electron chi connectivity index (χ2n) is 5.63. The van der Waals surface area contributed by atoms with Gasteiger partial charge in [-0.15, -0.1) is 0 Å². The third kappa shape index (κ3) is 3.85. The molecule has 1 N–H and O–H groups in total. The van der Waals surface area contributed by atoms with Crippen LogP contribution in [0.1, 0.15) is 0 Å². The summed E-state index contributed by atoms with van der Waals surface area (Å²) in [5.74, 6) is 0.747. The van der Waals surface area contributed by atoms with E-state index in [-0.39, 0.29) is 12.5 Å². The number of benzene rings is 2. The van der Waals surface area contributed by atoms with Crippen LogP contribution >= 0.6 is 0 Å². The maximum Gasteiger partial charge on any atom is 0.269 e. The molecule has 1 aliphatic heterocycles. The SMILES string of the molecule is CN(c1cccc(NC(=O)[C@H]2COc3ccccc3O2)c1)S(C)(=O)=O. The van der Waals surface area contributed by atoms with Crippen molar-refractivity contribution in [3.8, 4) is 11.5 Å². The number of fused-ring (bicyclic) bond motifs is 1. The van der Waals surface area contributed by atoms with Gasteiger partial charge in [-0.25, -0.2) is 8.42 Å². The smallest absolute Gasteiger partial charge is 0.269 e. The fourth-order valence-electron chi connectivity index (χ4n) is 2.34. The number of carbonyl (C=O) groups is 1. The van der Waals surface area contributed by atoms with Gasteiger partial charge in [-0.3, -0.25) is 9.10 Å². The van der Waals surface area contributed by atoms with E-state index in [2.05, 4.69) is 5.32 Å². The Bertz CT molecular complexity index is 897. The minimum Gasteiger partial charge on any atom is -0.485 e. The van der Waals surface area contributed by atoms with Gasteiger partial charge >= 0.3 is 0 Å². The van der Waals surface area contributed by atoms with Crippen LogP contribution in [0, 0.1) is 0 Å². The quantitative estimate of drug-likeness (QED) is 0.897. The van der Waals surface area contributed by atoms with Crippen LogP contribution in [0.2, 0.25) is 0 Å². The normalized spacial score (nSPS) is 16.2. The van der Waals surface area contributed by atoms with Crippen molar-refractivity contribution in [3.05, 3.63) is 48.5 Å². The maximum atomic E-state index is 12.4. The van der Waals surface area contributed by atoms with E-state index in [0.29, 0.717) is 22.9 Å². The number of hydrogen-bond donors (Lipinski definition) is 1. The van der Waals surface area contributed by atoms with Gasteiger partial charge in [0.25, 0.3) is 5.91 Å². The lowest BCUT2D eigenvalue weighted by Crippen LogP contribution is -2.40. The number of rotatable bonds is 4. The molecule has 1 aliphatic rings. The highest BCUT2D eigenvalue weighted by atomic mass is 32.2. The van der Waals surface area contributed by atoms with E-state index in [4.69, 9.17) is 9.47 Å². The molecule has 0 spiro atoms. The first-order chi connectivity index (χ1) is 11.8. The molecule has 3 rings (SSSR count). The monoisotopic (exact) mass is 362 g/mol. The summed E-state index contributed by atoms with van der Waals surface area (Å²) in [7, 11) is -1.93. The van der Waals surface area contributed by atoms with E-state index in [0.717, 1.165) is 10.6 Å². The Morgan fingerprint density at radius 2 is 1.88 bits per heavy atom. The van der Waals surface area contributed by atoms with Gasteiger partial charge < -0.3 is 14.8 Å². The van der Waals surface area contributed by atoms with Gasteiger partial charge in [0.2, 0.25) is 16.1 Å². The molecule has 0 fully saturated rings. The number of para-hydroxylation sites is 2. The van der Waals surface area contributed by atoms with Crippen molar-refractivity contribution < 1.29 is 22.7 Å². The van der Waals surface area contributed by atoms with E-state index in [1.165, 1.54) is 7.05 Å². The van der Waals surface area contributed by atoms with Gasteiger partial charge in [-0.05, 0) is 30.3 Å².